The van der Waals surface area contributed by atoms with Crippen LogP contribution in [0.15, 0.2) is 66.4 Å². The molecule has 0 aliphatic carbocycles. The van der Waals surface area contributed by atoms with Gasteiger partial charge in [0.25, 0.3) is 0 Å². The van der Waals surface area contributed by atoms with Crippen LogP contribution in [0.1, 0.15) is 25.0 Å². The Morgan fingerprint density at radius 3 is 2.16 bits per heavy atom. The average Bonchev–Trinajstić information content (AvgIpc) is 2.58. The monoisotopic (exact) mass is 341 g/mol. The first-order valence-electron chi connectivity index (χ1n) is 8.03. The molecule has 1 aliphatic heterocycles. The van der Waals surface area contributed by atoms with E-state index in [0.29, 0.717) is 35.6 Å². The number of rotatable bonds is 3. The Balaban J connectivity index is 2.38. The smallest absolute Gasteiger partial charge is 0.138 e. The third-order valence-electron chi connectivity index (χ3n) is 4.31. The summed E-state index contributed by atoms with van der Waals surface area (Å²) in [4.78, 5) is 1.76. The largest absolute Gasteiger partial charge is 0.341 e. The van der Waals surface area contributed by atoms with Crippen LogP contribution >= 0.6 is 0 Å². The highest BCUT2D eigenvalue weighted by molar-refractivity contribution is 5.97. The number of hydrogen-bond acceptors (Lipinski definition) is 1. The Bertz CT molecular complexity index is 872. The Hall–Kier alpha value is -2.75. The van der Waals surface area contributed by atoms with Crippen molar-refractivity contribution in [1.82, 2.24) is 4.90 Å². The molecular formula is C21H18F3N. The summed E-state index contributed by atoms with van der Waals surface area (Å²) < 4.78 is 42.4. The normalized spacial score (nSPS) is 14.8. The molecule has 0 N–H and O–H groups in total. The lowest BCUT2D eigenvalue weighted by Crippen LogP contribution is -2.26. The van der Waals surface area contributed by atoms with Crippen molar-refractivity contribution in [3.8, 4) is 0 Å². The second-order valence-corrected chi connectivity index (χ2v) is 5.89. The molecule has 4 heteroatoms. The maximum absolute atomic E-state index is 14.5. The van der Waals surface area contributed by atoms with Gasteiger partial charge in [-0.2, -0.15) is 0 Å². The lowest BCUT2D eigenvalue weighted by atomic mass is 9.91. The molecule has 0 saturated carbocycles. The van der Waals surface area contributed by atoms with Gasteiger partial charge in [-0.15, -0.1) is 0 Å². The lowest BCUT2D eigenvalue weighted by Gasteiger charge is -2.34. The van der Waals surface area contributed by atoms with Gasteiger partial charge in [0.15, 0.2) is 0 Å². The minimum Gasteiger partial charge on any atom is -0.341 e. The molecule has 25 heavy (non-hydrogen) atoms. The molecule has 1 aliphatic rings. The summed E-state index contributed by atoms with van der Waals surface area (Å²) in [6.07, 6.45) is 1.86. The molecule has 0 atom stereocenters. The zero-order valence-corrected chi connectivity index (χ0v) is 14.1. The first-order valence-corrected chi connectivity index (χ1v) is 8.03. The fourth-order valence-electron chi connectivity index (χ4n) is 3.09. The summed E-state index contributed by atoms with van der Waals surface area (Å²) in [6, 6.07) is 10.8. The van der Waals surface area contributed by atoms with E-state index in [4.69, 9.17) is 0 Å². The fraction of sp³-hybridized carbons (Fsp3) is 0.143. The first kappa shape index (κ1) is 17.1. The van der Waals surface area contributed by atoms with Crippen LogP contribution in [-0.2, 0) is 0 Å². The minimum atomic E-state index is -0.940. The molecule has 0 radical (unpaired) electrons. The molecule has 0 unspecified atom stereocenters. The van der Waals surface area contributed by atoms with Crippen molar-refractivity contribution in [2.75, 3.05) is 6.54 Å². The van der Waals surface area contributed by atoms with E-state index in [2.05, 4.69) is 6.58 Å². The predicted octanol–water partition coefficient (Wildman–Crippen LogP) is 5.77. The molecule has 3 rings (SSSR count). The van der Waals surface area contributed by atoms with Gasteiger partial charge in [-0.1, -0.05) is 36.9 Å². The van der Waals surface area contributed by atoms with Crippen LogP contribution in [0, 0.1) is 17.5 Å². The summed E-state index contributed by atoms with van der Waals surface area (Å²) in [5.41, 5.74) is 3.20. The van der Waals surface area contributed by atoms with Crippen molar-refractivity contribution in [3.05, 3.63) is 95.0 Å². The van der Waals surface area contributed by atoms with Gasteiger partial charge in [0.05, 0.1) is 11.3 Å². The summed E-state index contributed by atoms with van der Waals surface area (Å²) in [5, 5.41) is 0. The number of likely N-dealkylation sites (N-methyl/N-ethyl adjacent to an activating group) is 1. The second-order valence-electron chi connectivity index (χ2n) is 5.89. The second kappa shape index (κ2) is 6.63. The molecule has 128 valence electrons. The molecule has 2 aromatic carbocycles. The van der Waals surface area contributed by atoms with Crippen molar-refractivity contribution in [3.63, 3.8) is 0 Å². The van der Waals surface area contributed by atoms with Gasteiger partial charge in [-0.25, -0.2) is 13.2 Å². The van der Waals surface area contributed by atoms with Crippen molar-refractivity contribution < 1.29 is 13.2 Å². The van der Waals surface area contributed by atoms with Crippen LogP contribution in [0.5, 0.6) is 0 Å². The third kappa shape index (κ3) is 3.00. The van der Waals surface area contributed by atoms with Crippen LogP contribution in [0.3, 0.4) is 0 Å². The van der Waals surface area contributed by atoms with E-state index in [0.717, 1.165) is 11.1 Å². The van der Waals surface area contributed by atoms with E-state index in [-0.39, 0.29) is 5.56 Å². The number of hydrogen-bond donors (Lipinski definition) is 0. The van der Waals surface area contributed by atoms with Crippen LogP contribution in [0.4, 0.5) is 13.2 Å². The molecule has 2 aromatic rings. The Morgan fingerprint density at radius 2 is 1.60 bits per heavy atom. The molecule has 1 heterocycles. The Morgan fingerprint density at radius 1 is 1.00 bits per heavy atom. The van der Waals surface area contributed by atoms with Gasteiger partial charge >= 0.3 is 0 Å². The standard InChI is InChI=1S/C21H18F3N/c1-4-25-14(3)13(2)10-17(15-8-6-5-7-9-15)21(25)20-18(23)11-16(22)12-19(20)24/h5-12H,3-4H2,1-2H3. The minimum absolute atomic E-state index is 0.244. The van der Waals surface area contributed by atoms with Crippen LogP contribution < -0.4 is 0 Å². The van der Waals surface area contributed by atoms with Gasteiger partial charge in [-0.05, 0) is 31.1 Å². The Labute approximate surface area is 145 Å². The van der Waals surface area contributed by atoms with E-state index >= 15 is 0 Å². The van der Waals surface area contributed by atoms with E-state index in [1.54, 1.807) is 4.90 Å². The number of halogens is 3. The zero-order chi connectivity index (χ0) is 18.1. The van der Waals surface area contributed by atoms with Crippen molar-refractivity contribution in [1.29, 1.82) is 0 Å². The maximum atomic E-state index is 14.5. The van der Waals surface area contributed by atoms with Crippen molar-refractivity contribution in [2.45, 2.75) is 13.8 Å². The molecule has 0 fully saturated rings. The topological polar surface area (TPSA) is 3.24 Å². The molecule has 0 aromatic heterocycles. The maximum Gasteiger partial charge on any atom is 0.138 e. The van der Waals surface area contributed by atoms with E-state index in [1.165, 1.54) is 0 Å². The first-order chi connectivity index (χ1) is 11.9. The van der Waals surface area contributed by atoms with Gasteiger partial charge in [0.1, 0.15) is 17.5 Å². The van der Waals surface area contributed by atoms with Crippen LogP contribution in [-0.4, -0.2) is 11.4 Å². The van der Waals surface area contributed by atoms with Crippen LogP contribution in [0.2, 0.25) is 0 Å². The quantitative estimate of drug-likeness (QED) is 0.685. The third-order valence-corrected chi connectivity index (χ3v) is 4.31. The number of nitrogens with zero attached hydrogens (tertiary/aromatic N) is 1. The van der Waals surface area contributed by atoms with Crippen molar-refractivity contribution >= 4 is 11.3 Å². The molecule has 0 amide bonds. The Kier molecular flexibility index (Phi) is 4.53. The van der Waals surface area contributed by atoms with Gasteiger partial charge in [0, 0.05) is 29.9 Å². The van der Waals surface area contributed by atoms with Crippen LogP contribution in [0.25, 0.3) is 11.3 Å². The predicted molar refractivity (Wildman–Crippen MR) is 94.8 cm³/mol. The molecule has 0 bridgehead atoms. The van der Waals surface area contributed by atoms with Crippen molar-refractivity contribution in [2.24, 2.45) is 0 Å². The highest BCUT2D eigenvalue weighted by atomic mass is 19.1. The van der Waals surface area contributed by atoms with Gasteiger partial charge in [0.2, 0.25) is 0 Å². The molecule has 0 spiro atoms. The summed E-state index contributed by atoms with van der Waals surface area (Å²) in [6.45, 7) is 8.30. The number of benzene rings is 2. The SMILES string of the molecule is C=C1C(C)=CC(c2ccccc2)=C(c2c(F)cc(F)cc2F)N1CC. The molecule has 0 saturated heterocycles. The zero-order valence-electron chi connectivity index (χ0n) is 14.1. The van der Waals surface area contributed by atoms with E-state index in [1.807, 2.05) is 50.3 Å². The summed E-state index contributed by atoms with van der Waals surface area (Å²) >= 11 is 0. The number of allylic oxidation sites excluding steroid dienone is 3. The average molecular weight is 341 g/mol. The van der Waals surface area contributed by atoms with E-state index in [9.17, 15) is 13.2 Å². The van der Waals surface area contributed by atoms with E-state index < -0.39 is 17.5 Å². The highest BCUT2D eigenvalue weighted by Gasteiger charge is 2.28. The van der Waals surface area contributed by atoms with Gasteiger partial charge < -0.3 is 4.90 Å². The molecular weight excluding hydrogens is 323 g/mol. The summed E-state index contributed by atoms with van der Waals surface area (Å²) in [7, 11) is 0. The lowest BCUT2D eigenvalue weighted by molar-refractivity contribution is 0.497. The van der Waals surface area contributed by atoms with Gasteiger partial charge in [-0.3, -0.25) is 0 Å². The highest BCUT2D eigenvalue weighted by Crippen LogP contribution is 2.40. The summed E-state index contributed by atoms with van der Waals surface area (Å²) in [5.74, 6) is -2.80. The molecule has 1 nitrogen and oxygen atoms in total. The fourth-order valence-corrected chi connectivity index (χ4v) is 3.09.